The molecule has 21 heavy (non-hydrogen) atoms. The Morgan fingerprint density at radius 1 is 1.33 bits per heavy atom. The van der Waals surface area contributed by atoms with Crippen LogP contribution in [0.15, 0.2) is 0 Å². The van der Waals surface area contributed by atoms with Gasteiger partial charge in [0.25, 0.3) is 0 Å². The maximum Gasteiger partial charge on any atom is 0.319 e. The normalized spacial score (nSPS) is 13.6. The van der Waals surface area contributed by atoms with E-state index in [0.29, 0.717) is 6.42 Å². The third-order valence-corrected chi connectivity index (χ3v) is 2.51. The third kappa shape index (κ3) is 8.92. The molecule has 0 aliphatic rings. The van der Waals surface area contributed by atoms with Gasteiger partial charge in [0.2, 0.25) is 11.8 Å². The molecule has 0 aromatic heterocycles. The van der Waals surface area contributed by atoms with E-state index >= 15 is 0 Å². The van der Waals surface area contributed by atoms with Crippen LogP contribution < -0.4 is 22.2 Å². The van der Waals surface area contributed by atoms with Crippen LogP contribution in [0.5, 0.6) is 0 Å². The van der Waals surface area contributed by atoms with Gasteiger partial charge in [-0.25, -0.2) is 5.01 Å². The number of rotatable bonds is 10. The molecule has 0 bridgehead atoms. The summed E-state index contributed by atoms with van der Waals surface area (Å²) in [6.07, 6.45) is 0.269. The van der Waals surface area contributed by atoms with E-state index in [1.165, 1.54) is 7.05 Å². The quantitative estimate of drug-likeness (QED) is 0.226. The van der Waals surface area contributed by atoms with Crippen LogP contribution in [-0.2, 0) is 14.4 Å². The van der Waals surface area contributed by atoms with Gasteiger partial charge in [0, 0.05) is 19.5 Å². The summed E-state index contributed by atoms with van der Waals surface area (Å²) in [6.45, 7) is -0.610. The Kier molecular flexibility index (Phi) is 9.21. The van der Waals surface area contributed by atoms with E-state index in [4.69, 9.17) is 21.7 Å². The highest BCUT2D eigenvalue weighted by Crippen LogP contribution is 1.98. The Hall–Kier alpha value is -1.75. The van der Waals surface area contributed by atoms with Gasteiger partial charge in [-0.2, -0.15) is 0 Å². The van der Waals surface area contributed by atoms with Gasteiger partial charge in [0.15, 0.2) is 0 Å². The molecule has 2 amide bonds. The number of nitrogens with zero attached hydrogens (tertiary/aromatic N) is 1. The number of amides is 2. The molecule has 10 nitrogen and oxygen atoms in total. The fraction of sp³-hybridized carbons (Fsp3) is 0.727. The lowest BCUT2D eigenvalue weighted by atomic mass is 10.1. The van der Waals surface area contributed by atoms with Gasteiger partial charge < -0.3 is 27.0 Å². The van der Waals surface area contributed by atoms with E-state index < -0.39 is 36.5 Å². The first-order valence-electron chi connectivity index (χ1n) is 6.39. The molecule has 0 radical (unpaired) electrons. The Bertz CT molecular complexity index is 365. The second-order valence-electron chi connectivity index (χ2n) is 4.56. The number of hydrazine groups is 1. The number of hydrogen-bond acceptors (Lipinski definition) is 7. The van der Waals surface area contributed by atoms with Crippen LogP contribution in [0.1, 0.15) is 12.8 Å². The van der Waals surface area contributed by atoms with Crippen LogP contribution in [0.2, 0.25) is 0 Å². The minimum absolute atomic E-state index is 0.0783. The first kappa shape index (κ1) is 19.2. The van der Waals surface area contributed by atoms with E-state index in [0.717, 1.165) is 5.01 Å². The van der Waals surface area contributed by atoms with Crippen molar-refractivity contribution in [3.63, 3.8) is 0 Å². The van der Waals surface area contributed by atoms with Crippen molar-refractivity contribution in [2.75, 3.05) is 26.7 Å². The molecule has 0 aromatic rings. The predicted molar refractivity (Wildman–Crippen MR) is 73.7 cm³/mol. The Balaban J connectivity index is 4.38. The largest absolute Gasteiger partial charge is 0.480 e. The summed E-state index contributed by atoms with van der Waals surface area (Å²) in [5.41, 5.74) is 13.1. The molecular formula is C11H23N5O5. The molecule has 0 spiro atoms. The molecule has 0 fully saturated rings. The van der Waals surface area contributed by atoms with Crippen molar-refractivity contribution in [2.24, 2.45) is 11.5 Å². The molecule has 10 heteroatoms. The average molecular weight is 305 g/mol. The highest BCUT2D eigenvalue weighted by molar-refractivity contribution is 5.83. The number of carboxylic acids is 1. The molecule has 122 valence electrons. The molecule has 0 aromatic carbocycles. The fourth-order valence-corrected chi connectivity index (χ4v) is 1.54. The zero-order valence-corrected chi connectivity index (χ0v) is 11.9. The van der Waals surface area contributed by atoms with Gasteiger partial charge in [0.1, 0.15) is 12.6 Å². The van der Waals surface area contributed by atoms with Crippen molar-refractivity contribution in [1.29, 1.82) is 0 Å². The van der Waals surface area contributed by atoms with Crippen LogP contribution in [-0.4, -0.2) is 71.8 Å². The lowest BCUT2D eigenvalue weighted by molar-refractivity contribution is -0.139. The lowest BCUT2D eigenvalue weighted by Gasteiger charge is -2.21. The number of nitrogens with two attached hydrogens (primary N) is 2. The number of aliphatic carboxylic acids is 1. The summed E-state index contributed by atoms with van der Waals surface area (Å²) in [5.74, 6) is -2.13. The Morgan fingerprint density at radius 2 is 1.95 bits per heavy atom. The summed E-state index contributed by atoms with van der Waals surface area (Å²) in [7, 11) is 1.41. The van der Waals surface area contributed by atoms with E-state index in [1.54, 1.807) is 0 Å². The number of hydrogen-bond donors (Lipinski definition) is 6. The van der Waals surface area contributed by atoms with Crippen molar-refractivity contribution in [3.05, 3.63) is 0 Å². The number of likely N-dealkylation sites (N-methyl/N-ethyl adjacent to an activating group) is 1. The molecule has 8 N–H and O–H groups in total. The van der Waals surface area contributed by atoms with Crippen LogP contribution in [0.25, 0.3) is 0 Å². The summed E-state index contributed by atoms with van der Waals surface area (Å²) < 4.78 is 0. The molecule has 0 saturated heterocycles. The third-order valence-electron chi connectivity index (χ3n) is 2.51. The molecule has 0 aliphatic heterocycles. The number of carbonyl (C=O) groups excluding carboxylic acids is 2. The van der Waals surface area contributed by atoms with Crippen molar-refractivity contribution >= 4 is 17.8 Å². The molecule has 0 heterocycles. The first-order valence-corrected chi connectivity index (χ1v) is 6.39. The molecule has 0 unspecified atom stereocenters. The minimum atomic E-state index is -1.08. The lowest BCUT2D eigenvalue weighted by Crippen LogP contribution is -2.50. The number of carboxylic acid groups (broad SMARTS) is 1. The van der Waals surface area contributed by atoms with Gasteiger partial charge in [-0.05, 0) is 13.0 Å². The highest BCUT2D eigenvalue weighted by Gasteiger charge is 2.20. The molecule has 0 rings (SSSR count). The van der Waals surface area contributed by atoms with E-state index in [9.17, 15) is 14.4 Å². The molecule has 0 saturated carbocycles. The van der Waals surface area contributed by atoms with Gasteiger partial charge in [0.05, 0.1) is 6.61 Å². The van der Waals surface area contributed by atoms with Crippen LogP contribution in [0, 0.1) is 0 Å². The number of aliphatic hydroxyl groups is 1. The number of aliphatic hydroxyl groups excluding tert-OH is 1. The summed E-state index contributed by atoms with van der Waals surface area (Å²) in [5, 5.41) is 21.0. The zero-order valence-electron chi connectivity index (χ0n) is 11.9. The summed E-state index contributed by atoms with van der Waals surface area (Å²) in [6, 6.07) is -1.61. The maximum atomic E-state index is 11.7. The van der Waals surface area contributed by atoms with E-state index in [2.05, 4.69) is 10.7 Å². The SMILES string of the molecule is CN(CC(=O)O)NC(=O)C[C@H](CCN)NC(=O)[C@@H](N)CO. The van der Waals surface area contributed by atoms with Gasteiger partial charge >= 0.3 is 5.97 Å². The number of carbonyl (C=O) groups is 3. The smallest absolute Gasteiger partial charge is 0.319 e. The topological polar surface area (TPSA) is 171 Å². The standard InChI is InChI=1S/C11H23N5O5/c1-16(5-10(19)20)15-9(18)4-7(2-3-12)14-11(21)8(13)6-17/h7-8,17H,2-6,12-13H2,1H3,(H,14,21)(H,15,18)(H,19,20)/t7-,8-/m0/s1. The van der Waals surface area contributed by atoms with Gasteiger partial charge in [-0.15, -0.1) is 0 Å². The summed E-state index contributed by atoms with van der Waals surface area (Å²) in [4.78, 5) is 33.7. The van der Waals surface area contributed by atoms with Crippen LogP contribution >= 0.6 is 0 Å². The fourth-order valence-electron chi connectivity index (χ4n) is 1.54. The maximum absolute atomic E-state index is 11.7. The highest BCUT2D eigenvalue weighted by atomic mass is 16.4. The van der Waals surface area contributed by atoms with E-state index in [1.807, 2.05) is 0 Å². The molecule has 2 atom stereocenters. The Labute approximate surface area is 122 Å². The second kappa shape index (κ2) is 10.0. The zero-order chi connectivity index (χ0) is 16.4. The van der Waals surface area contributed by atoms with Crippen molar-refractivity contribution in [2.45, 2.75) is 24.9 Å². The van der Waals surface area contributed by atoms with Gasteiger partial charge in [-0.3, -0.25) is 19.8 Å². The number of nitrogens with one attached hydrogen (secondary N) is 2. The summed E-state index contributed by atoms with van der Waals surface area (Å²) >= 11 is 0. The molecule has 0 aliphatic carbocycles. The van der Waals surface area contributed by atoms with Crippen molar-refractivity contribution in [3.8, 4) is 0 Å². The minimum Gasteiger partial charge on any atom is -0.480 e. The Morgan fingerprint density at radius 3 is 2.43 bits per heavy atom. The predicted octanol–water partition coefficient (Wildman–Crippen LogP) is -3.42. The van der Waals surface area contributed by atoms with E-state index in [-0.39, 0.29) is 19.5 Å². The van der Waals surface area contributed by atoms with Crippen LogP contribution in [0.3, 0.4) is 0 Å². The van der Waals surface area contributed by atoms with Crippen LogP contribution in [0.4, 0.5) is 0 Å². The van der Waals surface area contributed by atoms with Gasteiger partial charge in [-0.1, -0.05) is 0 Å². The second-order valence-corrected chi connectivity index (χ2v) is 4.56. The molecular weight excluding hydrogens is 282 g/mol. The monoisotopic (exact) mass is 305 g/mol. The van der Waals surface area contributed by atoms with Crippen molar-refractivity contribution < 1.29 is 24.6 Å². The average Bonchev–Trinajstić information content (AvgIpc) is 2.36. The first-order chi connectivity index (χ1) is 9.79. The van der Waals surface area contributed by atoms with Crippen molar-refractivity contribution in [1.82, 2.24) is 15.8 Å².